The molecule has 1 atom stereocenters. The van der Waals surface area contributed by atoms with Crippen LogP contribution in [0.3, 0.4) is 0 Å². The number of nitrogens with zero attached hydrogens (tertiary/aromatic N) is 4. The van der Waals surface area contributed by atoms with Gasteiger partial charge in [-0.05, 0) is 43.2 Å². The number of amides is 1. The smallest absolute Gasteiger partial charge is 0.239 e. The number of nitrogens with one attached hydrogen (secondary N) is 1. The van der Waals surface area contributed by atoms with Crippen LogP contribution in [-0.4, -0.2) is 21.1 Å². The zero-order valence-electron chi connectivity index (χ0n) is 17.7. The fourth-order valence-electron chi connectivity index (χ4n) is 3.28. The molecule has 3 heterocycles. The van der Waals surface area contributed by atoms with Crippen molar-refractivity contribution in [2.45, 2.75) is 30.5 Å². The maximum atomic E-state index is 13.0. The molecule has 0 saturated heterocycles. The number of nitrogens with two attached hydrogens (primary N) is 1. The Bertz CT molecular complexity index is 1430. The number of thiazole rings is 1. The standard InChI is InChI=1S/C23H18N6O2S2/c1-3-17(21(30)29-23-27-15-7-6-12(2)9-18(15)33-23)32-22-14(11-25)19(16-5-4-8-31-16)13(10-24)20(26)28-22/h4-9,17H,3H2,1-2H3,(H2,26,28)(H,27,29,30). The molecule has 0 bridgehead atoms. The fraction of sp³-hybridized carbons (Fsp3) is 0.174. The van der Waals surface area contributed by atoms with Crippen molar-refractivity contribution in [1.82, 2.24) is 9.97 Å². The molecule has 33 heavy (non-hydrogen) atoms. The highest BCUT2D eigenvalue weighted by molar-refractivity contribution is 8.00. The molecule has 164 valence electrons. The van der Waals surface area contributed by atoms with Crippen molar-refractivity contribution < 1.29 is 9.21 Å². The van der Waals surface area contributed by atoms with Gasteiger partial charge in [0.25, 0.3) is 0 Å². The van der Waals surface area contributed by atoms with E-state index >= 15 is 0 Å². The topological polar surface area (TPSA) is 142 Å². The van der Waals surface area contributed by atoms with Gasteiger partial charge >= 0.3 is 0 Å². The van der Waals surface area contributed by atoms with E-state index in [9.17, 15) is 15.3 Å². The lowest BCUT2D eigenvalue weighted by Gasteiger charge is -2.16. The van der Waals surface area contributed by atoms with E-state index in [1.165, 1.54) is 17.6 Å². The Balaban J connectivity index is 1.65. The number of aryl methyl sites for hydroxylation is 1. The van der Waals surface area contributed by atoms with Crippen LogP contribution in [0.4, 0.5) is 10.9 Å². The second-order valence-corrected chi connectivity index (χ2v) is 9.34. The molecule has 8 nitrogen and oxygen atoms in total. The van der Waals surface area contributed by atoms with Gasteiger partial charge in [-0.15, -0.1) is 0 Å². The first-order valence-corrected chi connectivity index (χ1v) is 11.7. The van der Waals surface area contributed by atoms with E-state index in [0.29, 0.717) is 17.3 Å². The van der Waals surface area contributed by atoms with Gasteiger partial charge in [0.2, 0.25) is 5.91 Å². The third-order valence-electron chi connectivity index (χ3n) is 4.87. The number of nitriles is 2. The van der Waals surface area contributed by atoms with Crippen LogP contribution < -0.4 is 11.1 Å². The highest BCUT2D eigenvalue weighted by Crippen LogP contribution is 2.38. The van der Waals surface area contributed by atoms with E-state index in [0.717, 1.165) is 27.5 Å². The first-order valence-electron chi connectivity index (χ1n) is 9.97. The van der Waals surface area contributed by atoms with Crippen LogP contribution in [0.15, 0.2) is 46.0 Å². The molecule has 1 aromatic carbocycles. The van der Waals surface area contributed by atoms with Gasteiger partial charge < -0.3 is 15.5 Å². The summed E-state index contributed by atoms with van der Waals surface area (Å²) >= 11 is 2.52. The number of fused-ring (bicyclic) bond motifs is 1. The number of furan rings is 1. The Hall–Kier alpha value is -3.86. The molecule has 3 N–H and O–H groups in total. The average Bonchev–Trinajstić information content (AvgIpc) is 3.46. The summed E-state index contributed by atoms with van der Waals surface area (Å²) in [5.74, 6) is 0.0509. The lowest BCUT2D eigenvalue weighted by molar-refractivity contribution is -0.115. The minimum absolute atomic E-state index is 0.0257. The number of benzene rings is 1. The van der Waals surface area contributed by atoms with Crippen molar-refractivity contribution in [3.63, 3.8) is 0 Å². The summed E-state index contributed by atoms with van der Waals surface area (Å²) in [6.07, 6.45) is 1.92. The number of anilines is 2. The molecule has 10 heteroatoms. The van der Waals surface area contributed by atoms with Crippen molar-refractivity contribution in [2.75, 3.05) is 11.1 Å². The predicted molar refractivity (Wildman–Crippen MR) is 129 cm³/mol. The maximum absolute atomic E-state index is 13.0. The molecule has 0 radical (unpaired) electrons. The lowest BCUT2D eigenvalue weighted by atomic mass is 10.0. The monoisotopic (exact) mass is 474 g/mol. The normalized spacial score (nSPS) is 11.6. The van der Waals surface area contributed by atoms with Gasteiger partial charge in [-0.1, -0.05) is 36.1 Å². The van der Waals surface area contributed by atoms with Gasteiger partial charge in [0, 0.05) is 0 Å². The first-order chi connectivity index (χ1) is 15.9. The number of hydrogen-bond acceptors (Lipinski definition) is 9. The second kappa shape index (κ2) is 9.33. The van der Waals surface area contributed by atoms with Crippen LogP contribution in [0.1, 0.15) is 30.0 Å². The molecule has 4 aromatic rings. The third kappa shape index (κ3) is 4.40. The number of nitrogen functional groups attached to an aromatic ring is 1. The van der Waals surface area contributed by atoms with Crippen LogP contribution in [0.2, 0.25) is 0 Å². The molecule has 0 saturated carbocycles. The van der Waals surface area contributed by atoms with Crippen molar-refractivity contribution in [3.8, 4) is 23.5 Å². The Morgan fingerprint density at radius 3 is 2.73 bits per heavy atom. The summed E-state index contributed by atoms with van der Waals surface area (Å²) in [5.41, 5.74) is 8.44. The van der Waals surface area contributed by atoms with Crippen molar-refractivity contribution in [3.05, 3.63) is 53.3 Å². The number of aromatic nitrogens is 2. The fourth-order valence-corrected chi connectivity index (χ4v) is 5.26. The summed E-state index contributed by atoms with van der Waals surface area (Å²) in [7, 11) is 0. The highest BCUT2D eigenvalue weighted by atomic mass is 32.2. The van der Waals surface area contributed by atoms with Crippen LogP contribution in [0.5, 0.6) is 0 Å². The molecule has 1 amide bonds. The Labute approximate surface area is 198 Å². The predicted octanol–water partition coefficient (Wildman–Crippen LogP) is 5.09. The number of pyridine rings is 1. The number of carbonyl (C=O) groups excluding carboxylic acids is 1. The Morgan fingerprint density at radius 2 is 2.06 bits per heavy atom. The molecular weight excluding hydrogens is 456 g/mol. The quantitative estimate of drug-likeness (QED) is 0.368. The van der Waals surface area contributed by atoms with Crippen LogP contribution >= 0.6 is 23.1 Å². The van der Waals surface area contributed by atoms with Crippen molar-refractivity contribution >= 4 is 50.2 Å². The molecule has 0 fully saturated rings. The molecular formula is C23H18N6O2S2. The highest BCUT2D eigenvalue weighted by Gasteiger charge is 2.27. The summed E-state index contributed by atoms with van der Waals surface area (Å²) in [6, 6.07) is 13.3. The zero-order chi connectivity index (χ0) is 23.5. The second-order valence-electron chi connectivity index (χ2n) is 7.12. The van der Waals surface area contributed by atoms with Gasteiger partial charge in [-0.3, -0.25) is 4.79 Å². The van der Waals surface area contributed by atoms with E-state index in [2.05, 4.69) is 21.4 Å². The number of hydrogen-bond donors (Lipinski definition) is 2. The minimum atomic E-state index is -0.560. The number of thioether (sulfide) groups is 1. The SMILES string of the molecule is CCC(Sc1nc(N)c(C#N)c(-c2ccco2)c1C#N)C(=O)Nc1nc2ccc(C)cc2s1. The van der Waals surface area contributed by atoms with E-state index < -0.39 is 5.25 Å². The van der Waals surface area contributed by atoms with Gasteiger partial charge in [-0.25, -0.2) is 9.97 Å². The number of carbonyl (C=O) groups is 1. The molecule has 0 spiro atoms. The first kappa shape index (κ1) is 22.3. The minimum Gasteiger partial charge on any atom is -0.464 e. The van der Waals surface area contributed by atoms with E-state index in [1.54, 1.807) is 12.1 Å². The van der Waals surface area contributed by atoms with Gasteiger partial charge in [0.05, 0.1) is 32.9 Å². The Morgan fingerprint density at radius 1 is 1.27 bits per heavy atom. The molecule has 0 aliphatic carbocycles. The van der Waals surface area contributed by atoms with Crippen molar-refractivity contribution in [2.24, 2.45) is 0 Å². The molecule has 1 unspecified atom stereocenters. The average molecular weight is 475 g/mol. The largest absolute Gasteiger partial charge is 0.464 e. The van der Waals surface area contributed by atoms with Gasteiger partial charge in [0.1, 0.15) is 34.3 Å². The van der Waals surface area contributed by atoms with Gasteiger partial charge in [-0.2, -0.15) is 10.5 Å². The molecule has 3 aromatic heterocycles. The molecule has 0 aliphatic heterocycles. The summed E-state index contributed by atoms with van der Waals surface area (Å²) in [5, 5.41) is 22.5. The molecule has 0 aliphatic rings. The van der Waals surface area contributed by atoms with Crippen LogP contribution in [0, 0.1) is 29.6 Å². The Kier molecular flexibility index (Phi) is 6.31. The van der Waals surface area contributed by atoms with Crippen molar-refractivity contribution in [1.29, 1.82) is 10.5 Å². The summed E-state index contributed by atoms with van der Waals surface area (Å²) in [6.45, 7) is 3.87. The van der Waals surface area contributed by atoms with Gasteiger partial charge in [0.15, 0.2) is 5.13 Å². The summed E-state index contributed by atoms with van der Waals surface area (Å²) < 4.78 is 6.42. The van der Waals surface area contributed by atoms with Crippen LogP contribution in [0.25, 0.3) is 21.5 Å². The molecule has 4 rings (SSSR count). The number of rotatable bonds is 6. The van der Waals surface area contributed by atoms with Crippen LogP contribution in [-0.2, 0) is 4.79 Å². The third-order valence-corrected chi connectivity index (χ3v) is 7.16. The summed E-state index contributed by atoms with van der Waals surface area (Å²) in [4.78, 5) is 21.8. The van der Waals surface area contributed by atoms with E-state index in [-0.39, 0.29) is 33.4 Å². The zero-order valence-corrected chi connectivity index (χ0v) is 19.4. The van der Waals surface area contributed by atoms with E-state index in [1.807, 2.05) is 38.1 Å². The lowest BCUT2D eigenvalue weighted by Crippen LogP contribution is -2.25. The maximum Gasteiger partial charge on any atom is 0.239 e. The van der Waals surface area contributed by atoms with E-state index in [4.69, 9.17) is 10.2 Å².